The minimum atomic E-state index is -1.17. The number of rotatable bonds is 5. The van der Waals surface area contributed by atoms with E-state index in [-0.39, 0.29) is 22.0 Å². The third kappa shape index (κ3) is 4.24. The SMILES string of the molecule is O=C(N[C@@H](Cc1ccc(Br)c2cccnc12)C(=O)O)c1c(Cl)cccc1Cl. The van der Waals surface area contributed by atoms with E-state index in [9.17, 15) is 14.7 Å². The Bertz CT molecular complexity index is 1020. The first-order valence-electron chi connectivity index (χ1n) is 7.88. The number of halogens is 3. The first kappa shape index (κ1) is 19.6. The Morgan fingerprint density at radius 2 is 1.81 bits per heavy atom. The average molecular weight is 468 g/mol. The topological polar surface area (TPSA) is 79.3 Å². The Kier molecular flexibility index (Phi) is 5.99. The third-order valence-corrected chi connectivity index (χ3v) is 5.34. The van der Waals surface area contributed by atoms with E-state index in [0.717, 1.165) is 9.86 Å². The molecule has 2 N–H and O–H groups in total. The van der Waals surface area contributed by atoms with Crippen molar-refractivity contribution in [1.82, 2.24) is 10.3 Å². The molecule has 0 aliphatic rings. The fraction of sp³-hybridized carbons (Fsp3) is 0.105. The fourth-order valence-corrected chi connectivity index (χ4v) is 3.75. The van der Waals surface area contributed by atoms with E-state index in [2.05, 4.69) is 26.2 Å². The zero-order chi connectivity index (χ0) is 19.6. The maximum atomic E-state index is 12.5. The number of nitrogens with zero attached hydrogens (tertiary/aromatic N) is 1. The lowest BCUT2D eigenvalue weighted by atomic mass is 10.0. The minimum Gasteiger partial charge on any atom is -0.480 e. The van der Waals surface area contributed by atoms with Crippen molar-refractivity contribution in [3.8, 4) is 0 Å². The van der Waals surface area contributed by atoms with Crippen molar-refractivity contribution in [3.63, 3.8) is 0 Å². The molecule has 5 nitrogen and oxygen atoms in total. The van der Waals surface area contributed by atoms with Crippen LogP contribution in [0.2, 0.25) is 10.0 Å². The molecule has 0 spiro atoms. The Balaban J connectivity index is 1.91. The number of carboxylic acid groups (broad SMARTS) is 1. The van der Waals surface area contributed by atoms with Gasteiger partial charge in [-0.1, -0.05) is 57.3 Å². The van der Waals surface area contributed by atoms with E-state index in [1.165, 1.54) is 12.1 Å². The number of pyridine rings is 1. The molecule has 0 aliphatic carbocycles. The summed E-state index contributed by atoms with van der Waals surface area (Å²) in [7, 11) is 0. The molecule has 3 aromatic rings. The predicted octanol–water partition coefficient (Wildman–Crippen LogP) is 4.73. The molecule has 8 heteroatoms. The molecule has 0 unspecified atom stereocenters. The van der Waals surface area contributed by atoms with Gasteiger partial charge in [0, 0.05) is 22.5 Å². The minimum absolute atomic E-state index is 0.0471. The molecule has 2 aromatic carbocycles. The van der Waals surface area contributed by atoms with Crippen LogP contribution in [-0.4, -0.2) is 28.0 Å². The van der Waals surface area contributed by atoms with Gasteiger partial charge in [-0.25, -0.2) is 4.79 Å². The molecular weight excluding hydrogens is 455 g/mol. The standard InChI is InChI=1S/C19H13BrCl2N2O3/c20-12-7-6-10(17-11(12)3-2-8-23-17)9-15(19(26)27)24-18(25)16-13(21)4-1-5-14(16)22/h1-8,15H,9H2,(H,24,25)(H,26,27)/t15-/m0/s1. The number of fused-ring (bicyclic) bond motifs is 1. The van der Waals surface area contributed by atoms with E-state index in [0.29, 0.717) is 11.1 Å². The molecule has 0 fully saturated rings. The molecule has 138 valence electrons. The monoisotopic (exact) mass is 466 g/mol. The number of carbonyl (C=O) groups excluding carboxylic acids is 1. The van der Waals surface area contributed by atoms with Crippen LogP contribution in [0.5, 0.6) is 0 Å². The van der Waals surface area contributed by atoms with Crippen molar-refractivity contribution in [2.75, 3.05) is 0 Å². The lowest BCUT2D eigenvalue weighted by Gasteiger charge is -2.17. The van der Waals surface area contributed by atoms with Crippen LogP contribution in [0.15, 0.2) is 53.1 Å². The molecule has 1 amide bonds. The zero-order valence-electron chi connectivity index (χ0n) is 13.7. The van der Waals surface area contributed by atoms with E-state index in [1.54, 1.807) is 24.4 Å². The molecule has 27 heavy (non-hydrogen) atoms. The Labute approximate surface area is 173 Å². The quantitative estimate of drug-likeness (QED) is 0.568. The summed E-state index contributed by atoms with van der Waals surface area (Å²) < 4.78 is 0.855. The van der Waals surface area contributed by atoms with Gasteiger partial charge in [0.05, 0.1) is 21.1 Å². The molecule has 1 aromatic heterocycles. The number of hydrogen-bond acceptors (Lipinski definition) is 3. The summed E-state index contributed by atoms with van der Waals surface area (Å²) in [6, 6.07) is 10.8. The number of carboxylic acids is 1. The van der Waals surface area contributed by atoms with Gasteiger partial charge >= 0.3 is 5.97 Å². The van der Waals surface area contributed by atoms with Crippen molar-refractivity contribution in [2.24, 2.45) is 0 Å². The van der Waals surface area contributed by atoms with Crippen molar-refractivity contribution >= 4 is 61.9 Å². The summed E-state index contributed by atoms with van der Waals surface area (Å²) in [6.07, 6.45) is 1.69. The number of benzene rings is 2. The Morgan fingerprint density at radius 1 is 1.11 bits per heavy atom. The number of hydrogen-bond donors (Lipinski definition) is 2. The number of aromatic nitrogens is 1. The second kappa shape index (κ2) is 8.25. The van der Waals surface area contributed by atoms with Crippen LogP contribution in [0, 0.1) is 0 Å². The van der Waals surface area contributed by atoms with Gasteiger partial charge in [0.25, 0.3) is 5.91 Å². The summed E-state index contributed by atoms with van der Waals surface area (Å²) in [5, 5.41) is 13.2. The van der Waals surface area contributed by atoms with Crippen molar-refractivity contribution in [2.45, 2.75) is 12.5 Å². The summed E-state index contributed by atoms with van der Waals surface area (Å²) in [6.45, 7) is 0. The Morgan fingerprint density at radius 3 is 2.48 bits per heavy atom. The Hall–Kier alpha value is -2.15. The molecule has 0 bridgehead atoms. The van der Waals surface area contributed by atoms with Gasteiger partial charge < -0.3 is 10.4 Å². The van der Waals surface area contributed by atoms with Crippen molar-refractivity contribution in [1.29, 1.82) is 0 Å². The van der Waals surface area contributed by atoms with Crippen LogP contribution in [0.1, 0.15) is 15.9 Å². The largest absolute Gasteiger partial charge is 0.480 e. The first-order chi connectivity index (χ1) is 12.9. The summed E-state index contributed by atoms with van der Waals surface area (Å²) in [4.78, 5) is 28.6. The fourth-order valence-electron chi connectivity index (χ4n) is 2.73. The second-order valence-corrected chi connectivity index (χ2v) is 7.44. The molecule has 3 rings (SSSR count). The van der Waals surface area contributed by atoms with Gasteiger partial charge in [-0.2, -0.15) is 0 Å². The van der Waals surface area contributed by atoms with Gasteiger partial charge in [-0.3, -0.25) is 9.78 Å². The highest BCUT2D eigenvalue weighted by Gasteiger charge is 2.24. The van der Waals surface area contributed by atoms with Gasteiger partial charge in [-0.15, -0.1) is 0 Å². The second-order valence-electron chi connectivity index (χ2n) is 5.77. The molecule has 0 saturated heterocycles. The summed E-state index contributed by atoms with van der Waals surface area (Å²) in [5.41, 5.74) is 1.42. The van der Waals surface area contributed by atoms with Gasteiger partial charge in [-0.05, 0) is 29.8 Å². The molecule has 1 heterocycles. The number of nitrogens with one attached hydrogen (secondary N) is 1. The molecule has 1 atom stereocenters. The highest BCUT2D eigenvalue weighted by Crippen LogP contribution is 2.27. The maximum Gasteiger partial charge on any atom is 0.326 e. The van der Waals surface area contributed by atoms with Crippen molar-refractivity contribution in [3.05, 3.63) is 74.3 Å². The van der Waals surface area contributed by atoms with Crippen LogP contribution < -0.4 is 5.32 Å². The number of carbonyl (C=O) groups is 2. The normalized spacial score (nSPS) is 12.0. The lowest BCUT2D eigenvalue weighted by Crippen LogP contribution is -2.42. The van der Waals surface area contributed by atoms with Crippen molar-refractivity contribution < 1.29 is 14.7 Å². The van der Waals surface area contributed by atoms with Gasteiger partial charge in [0.15, 0.2) is 0 Å². The highest BCUT2D eigenvalue weighted by molar-refractivity contribution is 9.10. The zero-order valence-corrected chi connectivity index (χ0v) is 16.8. The lowest BCUT2D eigenvalue weighted by molar-refractivity contribution is -0.139. The van der Waals surface area contributed by atoms with E-state index in [1.807, 2.05) is 12.1 Å². The van der Waals surface area contributed by atoms with Crippen LogP contribution in [0.4, 0.5) is 0 Å². The van der Waals surface area contributed by atoms with E-state index in [4.69, 9.17) is 23.2 Å². The summed E-state index contributed by atoms with van der Waals surface area (Å²) in [5.74, 6) is -1.81. The maximum absolute atomic E-state index is 12.5. The molecule has 0 aliphatic heterocycles. The van der Waals surface area contributed by atoms with E-state index >= 15 is 0 Å². The predicted molar refractivity (Wildman–Crippen MR) is 108 cm³/mol. The van der Waals surface area contributed by atoms with Gasteiger partial charge in [0.2, 0.25) is 0 Å². The van der Waals surface area contributed by atoms with Crippen LogP contribution in [-0.2, 0) is 11.2 Å². The smallest absolute Gasteiger partial charge is 0.326 e. The average Bonchev–Trinajstić information content (AvgIpc) is 2.63. The third-order valence-electron chi connectivity index (χ3n) is 4.02. The highest BCUT2D eigenvalue weighted by atomic mass is 79.9. The molecule has 0 radical (unpaired) electrons. The van der Waals surface area contributed by atoms with Crippen LogP contribution in [0.3, 0.4) is 0 Å². The first-order valence-corrected chi connectivity index (χ1v) is 9.43. The van der Waals surface area contributed by atoms with Gasteiger partial charge in [0.1, 0.15) is 6.04 Å². The molecule has 0 saturated carbocycles. The summed E-state index contributed by atoms with van der Waals surface area (Å²) >= 11 is 15.5. The van der Waals surface area contributed by atoms with E-state index < -0.39 is 17.9 Å². The number of amides is 1. The van der Waals surface area contributed by atoms with Crippen LogP contribution in [0.25, 0.3) is 10.9 Å². The number of aliphatic carboxylic acids is 1. The molecular formula is C19H13BrCl2N2O3. The van der Waals surface area contributed by atoms with Crippen LogP contribution >= 0.6 is 39.1 Å².